The molecule has 3 aromatic heterocycles. The van der Waals surface area contributed by atoms with E-state index in [1.54, 1.807) is 34.9 Å². The summed E-state index contributed by atoms with van der Waals surface area (Å²) in [5.41, 5.74) is 2.46. The van der Waals surface area contributed by atoms with Gasteiger partial charge in [0, 0.05) is 36.2 Å². The molecule has 0 radical (unpaired) electrons. The highest BCUT2D eigenvalue weighted by Crippen LogP contribution is 2.40. The molecule has 9 heteroatoms. The van der Waals surface area contributed by atoms with Gasteiger partial charge in [-0.05, 0) is 43.2 Å². The number of amides is 1. The van der Waals surface area contributed by atoms with Crippen LogP contribution < -0.4 is 0 Å². The first kappa shape index (κ1) is 22.1. The zero-order valence-corrected chi connectivity index (χ0v) is 20.0. The Kier molecular flexibility index (Phi) is 5.79. The molecule has 0 bridgehead atoms. The first-order valence-corrected chi connectivity index (χ1v) is 11.7. The Morgan fingerprint density at radius 1 is 1.09 bits per heavy atom. The fourth-order valence-corrected chi connectivity index (χ4v) is 4.74. The van der Waals surface area contributed by atoms with E-state index in [1.807, 2.05) is 53.2 Å². The summed E-state index contributed by atoms with van der Waals surface area (Å²) in [4.78, 5) is 36.5. The Morgan fingerprint density at radius 2 is 1.88 bits per heavy atom. The number of aromatic nitrogens is 4. The van der Waals surface area contributed by atoms with Crippen LogP contribution in [-0.2, 0) is 16.1 Å². The molecule has 0 unspecified atom stereocenters. The third-order valence-corrected chi connectivity index (χ3v) is 6.56. The lowest BCUT2D eigenvalue weighted by atomic mass is 9.96. The maximum Gasteiger partial charge on any atom is 0.295 e. The van der Waals surface area contributed by atoms with Gasteiger partial charge in [0.25, 0.3) is 11.7 Å². The molecule has 172 valence electrons. The van der Waals surface area contributed by atoms with Crippen LogP contribution in [0.4, 0.5) is 0 Å². The molecule has 0 spiro atoms. The van der Waals surface area contributed by atoms with Crippen molar-refractivity contribution >= 4 is 39.0 Å². The van der Waals surface area contributed by atoms with Crippen molar-refractivity contribution < 1.29 is 14.7 Å². The molecule has 1 fully saturated rings. The highest BCUT2D eigenvalue weighted by molar-refractivity contribution is 9.10. The number of likely N-dealkylation sites (tertiary alicyclic amines) is 1. The van der Waals surface area contributed by atoms with E-state index in [0.717, 1.165) is 10.0 Å². The van der Waals surface area contributed by atoms with E-state index in [0.29, 0.717) is 36.5 Å². The lowest BCUT2D eigenvalue weighted by Gasteiger charge is -2.25. The Hall–Kier alpha value is -3.72. The molecule has 1 N–H and O–H groups in total. The van der Waals surface area contributed by atoms with Gasteiger partial charge in [0.1, 0.15) is 11.3 Å². The summed E-state index contributed by atoms with van der Waals surface area (Å²) in [5.74, 6) is -1.54. The summed E-state index contributed by atoms with van der Waals surface area (Å²) in [7, 11) is 0. The average molecular weight is 520 g/mol. The van der Waals surface area contributed by atoms with Gasteiger partial charge >= 0.3 is 0 Å². The monoisotopic (exact) mass is 519 g/mol. The summed E-state index contributed by atoms with van der Waals surface area (Å²) in [5, 5.41) is 11.5. The number of Topliss-reactive ketones (excluding diaryl/α,β-unsaturated/α-hetero) is 1. The third kappa shape index (κ3) is 3.81. The van der Waals surface area contributed by atoms with Crippen molar-refractivity contribution in [1.82, 2.24) is 23.8 Å². The number of carbonyl (C=O) groups excluding carboxylic acids is 2. The highest BCUT2D eigenvalue weighted by atomic mass is 79.9. The van der Waals surface area contributed by atoms with Crippen LogP contribution in [0.3, 0.4) is 0 Å². The molecule has 1 aliphatic rings. The fourth-order valence-electron chi connectivity index (χ4n) is 4.47. The van der Waals surface area contributed by atoms with Crippen LogP contribution in [0.2, 0.25) is 0 Å². The SMILES string of the molecule is Cc1nc2ccccn2c1C(O)=C1C(=O)C(=O)N(CCCn2ccnc2)[C@@H]1c1ccc(Br)cc1. The van der Waals surface area contributed by atoms with Gasteiger partial charge in [-0.2, -0.15) is 0 Å². The highest BCUT2D eigenvalue weighted by Gasteiger charge is 2.46. The molecule has 4 heterocycles. The lowest BCUT2D eigenvalue weighted by molar-refractivity contribution is -0.139. The van der Waals surface area contributed by atoms with Crippen LogP contribution >= 0.6 is 15.9 Å². The minimum atomic E-state index is -0.704. The van der Waals surface area contributed by atoms with Crippen LogP contribution in [0.5, 0.6) is 0 Å². The second kappa shape index (κ2) is 8.90. The molecule has 0 saturated carbocycles. The standard InChI is InChI=1S/C25H22BrN5O3/c1-16-21(30-12-3-2-5-19(30)28-16)23(32)20-22(17-6-8-18(26)9-7-17)31(25(34)24(20)33)13-4-11-29-14-10-27-15-29/h2-3,5-10,12,14-15,22,32H,4,11,13H2,1H3/t22-/m1/s1. The number of ketones is 1. The number of pyridine rings is 1. The Morgan fingerprint density at radius 3 is 2.62 bits per heavy atom. The zero-order chi connectivity index (χ0) is 23.8. The number of aliphatic hydroxyl groups is 1. The molecule has 1 amide bonds. The Bertz CT molecular complexity index is 1410. The van der Waals surface area contributed by atoms with Crippen molar-refractivity contribution in [2.24, 2.45) is 0 Å². The minimum Gasteiger partial charge on any atom is -0.505 e. The van der Waals surface area contributed by atoms with Gasteiger partial charge in [-0.1, -0.05) is 34.1 Å². The third-order valence-electron chi connectivity index (χ3n) is 6.03. The number of carbonyl (C=O) groups is 2. The van der Waals surface area contributed by atoms with Crippen LogP contribution in [0.15, 0.2) is 77.4 Å². The van der Waals surface area contributed by atoms with E-state index in [1.165, 1.54) is 0 Å². The number of rotatable bonds is 6. The number of hydrogen-bond donors (Lipinski definition) is 1. The molecular formula is C25H22BrN5O3. The average Bonchev–Trinajstić information content (AvgIpc) is 3.52. The number of halogens is 1. The molecule has 0 aliphatic carbocycles. The largest absolute Gasteiger partial charge is 0.505 e. The maximum absolute atomic E-state index is 13.3. The number of aryl methyl sites for hydroxylation is 2. The zero-order valence-electron chi connectivity index (χ0n) is 18.4. The number of fused-ring (bicyclic) bond motifs is 1. The van der Waals surface area contributed by atoms with Crippen molar-refractivity contribution in [3.63, 3.8) is 0 Å². The van der Waals surface area contributed by atoms with E-state index >= 15 is 0 Å². The van der Waals surface area contributed by atoms with E-state index in [4.69, 9.17) is 0 Å². The normalized spacial score (nSPS) is 17.7. The second-order valence-corrected chi connectivity index (χ2v) is 9.09. The number of nitrogens with zero attached hydrogens (tertiary/aromatic N) is 5. The van der Waals surface area contributed by atoms with E-state index in [2.05, 4.69) is 25.9 Å². The van der Waals surface area contributed by atoms with Gasteiger partial charge in [0.05, 0.1) is 23.6 Å². The lowest BCUT2D eigenvalue weighted by Crippen LogP contribution is -2.31. The van der Waals surface area contributed by atoms with Crippen molar-refractivity contribution in [3.05, 3.63) is 94.4 Å². The van der Waals surface area contributed by atoms with Gasteiger partial charge in [0.15, 0.2) is 5.76 Å². The minimum absolute atomic E-state index is 0.0729. The number of imidazole rings is 2. The van der Waals surface area contributed by atoms with Gasteiger partial charge in [-0.3, -0.25) is 14.0 Å². The van der Waals surface area contributed by atoms with E-state index < -0.39 is 17.7 Å². The van der Waals surface area contributed by atoms with Gasteiger partial charge in [0.2, 0.25) is 0 Å². The number of aliphatic hydroxyl groups excluding tert-OH is 1. The molecule has 1 aromatic carbocycles. The molecule has 34 heavy (non-hydrogen) atoms. The summed E-state index contributed by atoms with van der Waals surface area (Å²) in [6, 6.07) is 12.2. The molecule has 8 nitrogen and oxygen atoms in total. The number of hydrogen-bond acceptors (Lipinski definition) is 5. The predicted octanol–water partition coefficient (Wildman–Crippen LogP) is 4.11. The van der Waals surface area contributed by atoms with E-state index in [9.17, 15) is 14.7 Å². The summed E-state index contributed by atoms with van der Waals surface area (Å²) >= 11 is 3.44. The van der Waals surface area contributed by atoms with Crippen molar-refractivity contribution in [1.29, 1.82) is 0 Å². The van der Waals surface area contributed by atoms with Crippen molar-refractivity contribution in [2.45, 2.75) is 25.9 Å². The topological polar surface area (TPSA) is 92.7 Å². The first-order chi connectivity index (χ1) is 16.5. The van der Waals surface area contributed by atoms with Gasteiger partial charge < -0.3 is 14.6 Å². The Labute approximate surface area is 204 Å². The molecule has 5 rings (SSSR count). The Balaban J connectivity index is 1.60. The summed E-state index contributed by atoms with van der Waals surface area (Å²) in [6.45, 7) is 2.78. The predicted molar refractivity (Wildman–Crippen MR) is 130 cm³/mol. The smallest absolute Gasteiger partial charge is 0.295 e. The second-order valence-electron chi connectivity index (χ2n) is 8.17. The van der Waals surface area contributed by atoms with Gasteiger partial charge in [-0.25, -0.2) is 9.97 Å². The molecule has 1 aliphatic heterocycles. The fraction of sp³-hybridized carbons (Fsp3) is 0.200. The summed E-state index contributed by atoms with van der Waals surface area (Å²) < 4.78 is 4.54. The maximum atomic E-state index is 13.3. The quantitative estimate of drug-likeness (QED) is 0.235. The van der Waals surface area contributed by atoms with Crippen molar-refractivity contribution in [2.75, 3.05) is 6.54 Å². The van der Waals surface area contributed by atoms with Gasteiger partial charge in [-0.15, -0.1) is 0 Å². The van der Waals surface area contributed by atoms with Crippen LogP contribution in [0, 0.1) is 6.92 Å². The van der Waals surface area contributed by atoms with Crippen LogP contribution in [-0.4, -0.2) is 47.2 Å². The van der Waals surface area contributed by atoms with E-state index in [-0.39, 0.29) is 11.3 Å². The van der Waals surface area contributed by atoms with Crippen LogP contribution in [0.25, 0.3) is 11.4 Å². The molecule has 4 aromatic rings. The molecule has 1 atom stereocenters. The molecule has 1 saturated heterocycles. The van der Waals surface area contributed by atoms with Crippen LogP contribution in [0.1, 0.15) is 29.4 Å². The summed E-state index contributed by atoms with van der Waals surface area (Å²) in [6.07, 6.45) is 7.68. The first-order valence-electron chi connectivity index (χ1n) is 10.9. The van der Waals surface area contributed by atoms with Crippen molar-refractivity contribution in [3.8, 4) is 0 Å². The molecular weight excluding hydrogens is 498 g/mol. The number of benzene rings is 1.